The Morgan fingerprint density at radius 2 is 2.27 bits per heavy atom. The number of anilines is 1. The van der Waals surface area contributed by atoms with Crippen molar-refractivity contribution >= 4 is 11.3 Å². The average molecular weight is 300 g/mol. The molecule has 2 rings (SSSR count). The van der Waals surface area contributed by atoms with Crippen LogP contribution in [0.25, 0.3) is 5.57 Å². The first-order valence-electron chi connectivity index (χ1n) is 7.92. The van der Waals surface area contributed by atoms with Gasteiger partial charge in [0.15, 0.2) is 0 Å². The molecule has 2 nitrogen and oxygen atoms in total. The van der Waals surface area contributed by atoms with Crippen LogP contribution in [0.3, 0.4) is 0 Å². The molecule has 1 aliphatic rings. The van der Waals surface area contributed by atoms with Crippen molar-refractivity contribution < 1.29 is 4.39 Å². The van der Waals surface area contributed by atoms with Gasteiger partial charge < -0.3 is 5.43 Å². The average Bonchev–Trinajstić information content (AvgIpc) is 2.53. The van der Waals surface area contributed by atoms with E-state index in [9.17, 15) is 4.39 Å². The van der Waals surface area contributed by atoms with Gasteiger partial charge in [-0.05, 0) is 36.1 Å². The highest BCUT2D eigenvalue weighted by Crippen LogP contribution is 2.29. The van der Waals surface area contributed by atoms with Crippen LogP contribution in [0.1, 0.15) is 37.8 Å². The minimum absolute atomic E-state index is 0.171. The van der Waals surface area contributed by atoms with Crippen molar-refractivity contribution in [2.24, 2.45) is 0 Å². The number of nitrogens with one attached hydrogen (secondary N) is 2. The van der Waals surface area contributed by atoms with Crippen molar-refractivity contribution in [2.75, 3.05) is 5.43 Å². The molecular formula is C19H25FN2. The number of hydrogen-bond acceptors (Lipinski definition) is 2. The van der Waals surface area contributed by atoms with Crippen molar-refractivity contribution in [3.8, 4) is 0 Å². The highest BCUT2D eigenvalue weighted by Gasteiger charge is 2.13. The summed E-state index contributed by atoms with van der Waals surface area (Å²) in [4.78, 5) is 0. The zero-order chi connectivity index (χ0) is 15.9. The number of rotatable bonds is 7. The number of allylic oxidation sites excluding steroid dienone is 4. The number of hydrazine groups is 1. The van der Waals surface area contributed by atoms with Gasteiger partial charge in [0, 0.05) is 12.5 Å². The summed E-state index contributed by atoms with van der Waals surface area (Å²) in [7, 11) is 0. The quantitative estimate of drug-likeness (QED) is 0.557. The maximum Gasteiger partial charge on any atom is 0.123 e. The molecule has 0 aromatic heterocycles. The van der Waals surface area contributed by atoms with E-state index in [0.717, 1.165) is 29.7 Å². The zero-order valence-corrected chi connectivity index (χ0v) is 13.4. The van der Waals surface area contributed by atoms with Gasteiger partial charge in [-0.3, -0.25) is 0 Å². The Morgan fingerprint density at radius 3 is 2.95 bits per heavy atom. The van der Waals surface area contributed by atoms with E-state index in [-0.39, 0.29) is 6.04 Å². The van der Waals surface area contributed by atoms with Gasteiger partial charge in [0.1, 0.15) is 6.17 Å². The lowest BCUT2D eigenvalue weighted by Gasteiger charge is -2.18. The first-order valence-corrected chi connectivity index (χ1v) is 7.92. The van der Waals surface area contributed by atoms with Crippen molar-refractivity contribution in [1.82, 2.24) is 5.43 Å². The molecule has 2 unspecified atom stereocenters. The number of alkyl halides is 1. The molecule has 2 atom stereocenters. The van der Waals surface area contributed by atoms with E-state index in [1.807, 2.05) is 19.1 Å². The predicted molar refractivity (Wildman–Crippen MR) is 93.5 cm³/mol. The fraction of sp³-hybridized carbons (Fsp3) is 0.368. The van der Waals surface area contributed by atoms with Gasteiger partial charge in [-0.2, -0.15) is 0 Å². The van der Waals surface area contributed by atoms with Crippen molar-refractivity contribution in [3.63, 3.8) is 0 Å². The molecular weight excluding hydrogens is 275 g/mol. The van der Waals surface area contributed by atoms with Crippen molar-refractivity contribution in [2.45, 2.75) is 45.3 Å². The van der Waals surface area contributed by atoms with E-state index in [0.29, 0.717) is 6.42 Å². The predicted octanol–water partition coefficient (Wildman–Crippen LogP) is 4.81. The van der Waals surface area contributed by atoms with E-state index in [2.05, 4.69) is 42.6 Å². The third-order valence-corrected chi connectivity index (χ3v) is 3.82. The van der Waals surface area contributed by atoms with Gasteiger partial charge in [-0.25, -0.2) is 9.82 Å². The van der Waals surface area contributed by atoms with Crippen molar-refractivity contribution in [3.05, 3.63) is 60.2 Å². The van der Waals surface area contributed by atoms with Crippen LogP contribution in [0, 0.1) is 0 Å². The first-order chi connectivity index (χ1) is 10.6. The Morgan fingerprint density at radius 1 is 1.45 bits per heavy atom. The Bertz CT molecular complexity index is 575. The molecule has 0 fully saturated rings. The normalized spacial score (nSPS) is 18.7. The summed E-state index contributed by atoms with van der Waals surface area (Å²) in [6.07, 6.45) is 8.90. The molecule has 1 aromatic carbocycles. The van der Waals surface area contributed by atoms with E-state index in [4.69, 9.17) is 0 Å². The van der Waals surface area contributed by atoms with E-state index in [1.165, 1.54) is 5.56 Å². The topological polar surface area (TPSA) is 24.1 Å². The molecule has 2 N–H and O–H groups in total. The van der Waals surface area contributed by atoms with E-state index in [1.54, 1.807) is 12.2 Å². The Hall–Kier alpha value is -1.87. The molecule has 0 radical (unpaired) electrons. The summed E-state index contributed by atoms with van der Waals surface area (Å²) in [6.45, 7) is 7.97. The van der Waals surface area contributed by atoms with Crippen LogP contribution >= 0.6 is 0 Å². The number of hydrogen-bond donors (Lipinski definition) is 2. The van der Waals surface area contributed by atoms with E-state index >= 15 is 0 Å². The third kappa shape index (κ3) is 4.31. The number of halogens is 1. The molecule has 118 valence electrons. The smallest absolute Gasteiger partial charge is 0.123 e. The Balaban J connectivity index is 2.24. The Labute approximate surface area is 132 Å². The lowest BCUT2D eigenvalue weighted by atomic mass is 9.94. The summed E-state index contributed by atoms with van der Waals surface area (Å²) >= 11 is 0. The summed E-state index contributed by atoms with van der Waals surface area (Å²) in [5.41, 5.74) is 10.9. The molecule has 1 aliphatic carbocycles. The fourth-order valence-electron chi connectivity index (χ4n) is 2.48. The molecule has 0 saturated heterocycles. The first kappa shape index (κ1) is 16.5. The highest BCUT2D eigenvalue weighted by atomic mass is 19.1. The van der Waals surface area contributed by atoms with Crippen LogP contribution < -0.4 is 10.9 Å². The minimum Gasteiger partial charge on any atom is -0.321 e. The minimum atomic E-state index is -0.884. The molecule has 1 aromatic rings. The molecule has 0 aliphatic heterocycles. The molecule has 0 amide bonds. The largest absolute Gasteiger partial charge is 0.321 e. The zero-order valence-electron chi connectivity index (χ0n) is 13.4. The van der Waals surface area contributed by atoms with Crippen LogP contribution in [0.4, 0.5) is 10.1 Å². The molecule has 0 spiro atoms. The molecule has 0 saturated carbocycles. The van der Waals surface area contributed by atoms with Gasteiger partial charge in [0.05, 0.1) is 5.69 Å². The second-order valence-corrected chi connectivity index (χ2v) is 5.71. The lowest BCUT2D eigenvalue weighted by Crippen LogP contribution is -2.30. The second-order valence-electron chi connectivity index (χ2n) is 5.71. The highest BCUT2D eigenvalue weighted by molar-refractivity contribution is 5.72. The van der Waals surface area contributed by atoms with Gasteiger partial charge in [0.2, 0.25) is 0 Å². The SMILES string of the molecule is C=CC(C)NNc1cc(C2=CC=CC(F)C2)ccc1CCC. The maximum absolute atomic E-state index is 13.6. The molecule has 0 bridgehead atoms. The van der Waals surface area contributed by atoms with Gasteiger partial charge >= 0.3 is 0 Å². The summed E-state index contributed by atoms with van der Waals surface area (Å²) in [5, 5.41) is 0. The van der Waals surface area contributed by atoms with Gasteiger partial charge in [-0.15, -0.1) is 6.58 Å². The van der Waals surface area contributed by atoms with Crippen LogP contribution in [0.2, 0.25) is 0 Å². The lowest BCUT2D eigenvalue weighted by molar-refractivity contribution is 0.406. The summed E-state index contributed by atoms with van der Waals surface area (Å²) in [6, 6.07) is 6.50. The summed E-state index contributed by atoms with van der Waals surface area (Å²) < 4.78 is 13.6. The molecule has 3 heteroatoms. The Kier molecular flexibility index (Phi) is 5.96. The van der Waals surface area contributed by atoms with Gasteiger partial charge in [0.25, 0.3) is 0 Å². The third-order valence-electron chi connectivity index (χ3n) is 3.82. The molecule has 0 heterocycles. The van der Waals surface area contributed by atoms with Crippen LogP contribution in [-0.2, 0) is 6.42 Å². The van der Waals surface area contributed by atoms with E-state index < -0.39 is 6.17 Å². The summed E-state index contributed by atoms with van der Waals surface area (Å²) in [5.74, 6) is 0. The standard InChI is InChI=1S/C19H25FN2/c1-4-7-15-10-11-17(16-8-6-9-18(20)12-16)13-19(15)22-21-14(3)5-2/h5-6,8-11,13-14,18,21-22H,2,4,7,12H2,1,3H3. The monoisotopic (exact) mass is 300 g/mol. The second kappa shape index (κ2) is 7.95. The van der Waals surface area contributed by atoms with Crippen LogP contribution in [-0.4, -0.2) is 12.2 Å². The van der Waals surface area contributed by atoms with Gasteiger partial charge in [-0.1, -0.05) is 49.8 Å². The number of benzene rings is 1. The number of aryl methyl sites for hydroxylation is 1. The van der Waals surface area contributed by atoms with Crippen LogP contribution in [0.5, 0.6) is 0 Å². The fourth-order valence-corrected chi connectivity index (χ4v) is 2.48. The van der Waals surface area contributed by atoms with Crippen molar-refractivity contribution in [1.29, 1.82) is 0 Å². The molecule has 22 heavy (non-hydrogen) atoms. The van der Waals surface area contributed by atoms with Crippen LogP contribution in [0.15, 0.2) is 49.1 Å². The maximum atomic E-state index is 13.6.